The lowest BCUT2D eigenvalue weighted by Crippen LogP contribution is -2.33. The minimum atomic E-state index is -3.39. The van der Waals surface area contributed by atoms with Gasteiger partial charge in [0.1, 0.15) is 0 Å². The molecule has 0 aliphatic carbocycles. The average molecular weight is 230 g/mol. The van der Waals surface area contributed by atoms with Crippen LogP contribution in [-0.2, 0) is 10.0 Å². The summed E-state index contributed by atoms with van der Waals surface area (Å²) in [5.74, 6) is 0.237. The number of nitrogens with one attached hydrogen (secondary N) is 2. The number of nitrogens with zero attached hydrogens (tertiary/aromatic N) is 2. The first-order valence-electron chi connectivity index (χ1n) is 4.50. The van der Waals surface area contributed by atoms with Crippen LogP contribution in [0.15, 0.2) is 18.3 Å². The van der Waals surface area contributed by atoms with Gasteiger partial charge in [-0.05, 0) is 26.1 Å². The highest BCUT2D eigenvalue weighted by Gasteiger charge is 2.20. The van der Waals surface area contributed by atoms with Crippen molar-refractivity contribution in [2.75, 3.05) is 18.3 Å². The molecule has 0 radical (unpaired) electrons. The van der Waals surface area contributed by atoms with Crippen LogP contribution in [0.4, 0.5) is 5.82 Å². The van der Waals surface area contributed by atoms with Gasteiger partial charge in [0.2, 0.25) is 10.0 Å². The summed E-state index contributed by atoms with van der Waals surface area (Å²) < 4.78 is 25.7. The Kier molecular flexibility index (Phi) is 3.98. The van der Waals surface area contributed by atoms with E-state index in [1.165, 1.54) is 6.20 Å². The zero-order valence-electron chi connectivity index (χ0n) is 8.64. The fraction of sp³-hybridized carbons (Fsp3) is 0.500. The van der Waals surface area contributed by atoms with Crippen LogP contribution in [0.1, 0.15) is 6.92 Å². The van der Waals surface area contributed by atoms with Crippen molar-refractivity contribution in [2.45, 2.75) is 12.2 Å². The smallest absolute Gasteiger partial charge is 0.237 e. The van der Waals surface area contributed by atoms with Crippen LogP contribution in [0.2, 0.25) is 0 Å². The van der Waals surface area contributed by atoms with Gasteiger partial charge in [0.05, 0.1) is 5.25 Å². The molecular weight excluding hydrogens is 216 g/mol. The maximum Gasteiger partial charge on any atom is 0.237 e. The monoisotopic (exact) mass is 230 g/mol. The Morgan fingerprint density at radius 2 is 2.27 bits per heavy atom. The molecular formula is C8H14N4O2S. The molecule has 0 fully saturated rings. The number of rotatable bonds is 5. The maximum absolute atomic E-state index is 11.7. The summed E-state index contributed by atoms with van der Waals surface area (Å²) in [5.41, 5.74) is 0. The molecule has 0 aliphatic heterocycles. The summed E-state index contributed by atoms with van der Waals surface area (Å²) in [6.07, 6.45) is 1.48. The summed E-state index contributed by atoms with van der Waals surface area (Å²) in [4.78, 5) is 0. The Hall–Kier alpha value is -1.21. The molecule has 1 atom stereocenters. The van der Waals surface area contributed by atoms with Crippen molar-refractivity contribution in [3.63, 3.8) is 0 Å². The van der Waals surface area contributed by atoms with E-state index < -0.39 is 15.3 Å². The lowest BCUT2D eigenvalue weighted by molar-refractivity contribution is 0.583. The van der Waals surface area contributed by atoms with Gasteiger partial charge in [-0.15, -0.1) is 5.10 Å². The van der Waals surface area contributed by atoms with Crippen LogP contribution >= 0.6 is 0 Å². The topological polar surface area (TPSA) is 84.0 Å². The van der Waals surface area contributed by atoms with Crippen molar-refractivity contribution in [3.05, 3.63) is 18.3 Å². The van der Waals surface area contributed by atoms with Gasteiger partial charge in [-0.25, -0.2) is 8.42 Å². The summed E-state index contributed by atoms with van der Waals surface area (Å²) in [7, 11) is -1.69. The molecule has 15 heavy (non-hydrogen) atoms. The lowest BCUT2D eigenvalue weighted by atomic mass is 10.5. The SMILES string of the molecule is CNCC(C)S(=O)(=O)Nc1cccnn1. The molecule has 6 nitrogen and oxygen atoms in total. The molecule has 2 N–H and O–H groups in total. The third-order valence-electron chi connectivity index (χ3n) is 1.84. The van der Waals surface area contributed by atoms with Crippen molar-refractivity contribution >= 4 is 15.8 Å². The van der Waals surface area contributed by atoms with E-state index in [9.17, 15) is 8.42 Å². The highest BCUT2D eigenvalue weighted by atomic mass is 32.2. The van der Waals surface area contributed by atoms with E-state index in [2.05, 4.69) is 20.2 Å². The van der Waals surface area contributed by atoms with Crippen LogP contribution in [-0.4, -0.2) is 37.5 Å². The summed E-state index contributed by atoms with van der Waals surface area (Å²) in [5, 5.41) is 9.51. The van der Waals surface area contributed by atoms with E-state index in [-0.39, 0.29) is 5.82 Å². The third-order valence-corrected chi connectivity index (χ3v) is 3.56. The molecule has 84 valence electrons. The van der Waals surface area contributed by atoms with Gasteiger partial charge in [0.15, 0.2) is 5.82 Å². The Bertz CT molecular complexity index is 392. The average Bonchev–Trinajstić information content (AvgIpc) is 2.19. The van der Waals surface area contributed by atoms with Gasteiger partial charge in [0.25, 0.3) is 0 Å². The fourth-order valence-electron chi connectivity index (χ4n) is 0.999. The quantitative estimate of drug-likeness (QED) is 0.733. The van der Waals surface area contributed by atoms with Crippen LogP contribution in [0, 0.1) is 0 Å². The molecule has 1 rings (SSSR count). The Labute approximate surface area is 89.2 Å². The summed E-state index contributed by atoms with van der Waals surface area (Å²) in [6.45, 7) is 2.00. The van der Waals surface area contributed by atoms with E-state index in [0.29, 0.717) is 6.54 Å². The summed E-state index contributed by atoms with van der Waals surface area (Å²) in [6, 6.07) is 3.17. The van der Waals surface area contributed by atoms with Crippen LogP contribution in [0.3, 0.4) is 0 Å². The predicted molar refractivity (Wildman–Crippen MR) is 58.0 cm³/mol. The standard InChI is InChI=1S/C8H14N4O2S/c1-7(6-9-2)15(13,14)12-8-4-3-5-10-11-8/h3-5,7,9H,6H2,1-2H3,(H,11,12). The molecule has 0 spiro atoms. The second kappa shape index (κ2) is 5.04. The van der Waals surface area contributed by atoms with Gasteiger partial charge in [-0.1, -0.05) is 0 Å². The first-order chi connectivity index (χ1) is 7.06. The molecule has 0 bridgehead atoms. The van der Waals surface area contributed by atoms with E-state index in [1.54, 1.807) is 26.1 Å². The summed E-state index contributed by atoms with van der Waals surface area (Å²) >= 11 is 0. The zero-order chi connectivity index (χ0) is 11.3. The molecule has 1 aromatic rings. The van der Waals surface area contributed by atoms with Crippen molar-refractivity contribution < 1.29 is 8.42 Å². The van der Waals surface area contributed by atoms with Gasteiger partial charge >= 0.3 is 0 Å². The Morgan fingerprint density at radius 3 is 2.80 bits per heavy atom. The van der Waals surface area contributed by atoms with Gasteiger partial charge in [-0.3, -0.25) is 4.72 Å². The normalized spacial score (nSPS) is 13.5. The van der Waals surface area contributed by atoms with Crippen LogP contribution < -0.4 is 10.0 Å². The van der Waals surface area contributed by atoms with Crippen molar-refractivity contribution in [2.24, 2.45) is 0 Å². The molecule has 0 saturated heterocycles. The zero-order valence-corrected chi connectivity index (χ0v) is 9.45. The Balaban J connectivity index is 2.73. The molecule has 0 aromatic carbocycles. The molecule has 1 aromatic heterocycles. The van der Waals surface area contributed by atoms with E-state index in [0.717, 1.165) is 0 Å². The molecule has 1 unspecified atom stereocenters. The lowest BCUT2D eigenvalue weighted by Gasteiger charge is -2.12. The van der Waals surface area contributed by atoms with Gasteiger partial charge in [-0.2, -0.15) is 5.10 Å². The fourth-order valence-corrected chi connectivity index (χ4v) is 1.99. The highest BCUT2D eigenvalue weighted by molar-refractivity contribution is 7.93. The number of sulfonamides is 1. The molecule has 0 amide bonds. The maximum atomic E-state index is 11.7. The number of anilines is 1. The first-order valence-corrected chi connectivity index (χ1v) is 6.05. The van der Waals surface area contributed by atoms with E-state index in [4.69, 9.17) is 0 Å². The first kappa shape index (κ1) is 11.9. The van der Waals surface area contributed by atoms with Crippen molar-refractivity contribution in [3.8, 4) is 0 Å². The number of hydrogen-bond acceptors (Lipinski definition) is 5. The van der Waals surface area contributed by atoms with E-state index in [1.807, 2.05) is 0 Å². The molecule has 0 aliphatic rings. The number of aromatic nitrogens is 2. The van der Waals surface area contributed by atoms with E-state index >= 15 is 0 Å². The number of hydrogen-bond donors (Lipinski definition) is 2. The highest BCUT2D eigenvalue weighted by Crippen LogP contribution is 2.06. The van der Waals surface area contributed by atoms with Crippen molar-refractivity contribution in [1.82, 2.24) is 15.5 Å². The minimum Gasteiger partial charge on any atom is -0.318 e. The molecule has 1 heterocycles. The Morgan fingerprint density at radius 1 is 1.53 bits per heavy atom. The molecule has 7 heteroatoms. The van der Waals surface area contributed by atoms with Crippen LogP contribution in [0.25, 0.3) is 0 Å². The minimum absolute atomic E-state index is 0.237. The predicted octanol–water partition coefficient (Wildman–Crippen LogP) is -0.174. The largest absolute Gasteiger partial charge is 0.318 e. The van der Waals surface area contributed by atoms with Crippen LogP contribution in [0.5, 0.6) is 0 Å². The third kappa shape index (κ3) is 3.45. The van der Waals surface area contributed by atoms with Crippen molar-refractivity contribution in [1.29, 1.82) is 0 Å². The van der Waals surface area contributed by atoms with Gasteiger partial charge < -0.3 is 5.32 Å². The second-order valence-corrected chi connectivity index (χ2v) is 5.22. The second-order valence-electron chi connectivity index (χ2n) is 3.12. The molecule has 0 saturated carbocycles. The van der Waals surface area contributed by atoms with Gasteiger partial charge in [0, 0.05) is 12.7 Å².